The zero-order valence-electron chi connectivity index (χ0n) is 18.6. The molecule has 0 atom stereocenters. The summed E-state index contributed by atoms with van der Waals surface area (Å²) in [5.74, 6) is 0. The standard InChI is InChI=1S/C30H22N4/c1-3-13-27-23(11-1)25-17-30-26(18-29(25)33(27)19-21-9-5-7-15-31-21)24-12-2-4-14-28(24)34(30)20-22-10-6-8-16-32-22/h1-18H,19-20H2. The van der Waals surface area contributed by atoms with Crippen LogP contribution in [0.25, 0.3) is 43.6 Å². The van der Waals surface area contributed by atoms with Crippen molar-refractivity contribution in [3.8, 4) is 0 Å². The molecule has 0 aliphatic heterocycles. The fourth-order valence-corrected chi connectivity index (χ4v) is 5.24. The van der Waals surface area contributed by atoms with Gasteiger partial charge in [-0.25, -0.2) is 0 Å². The third-order valence-corrected chi connectivity index (χ3v) is 6.76. The highest BCUT2D eigenvalue weighted by atomic mass is 15.0. The van der Waals surface area contributed by atoms with Crippen molar-refractivity contribution >= 4 is 43.6 Å². The molecule has 34 heavy (non-hydrogen) atoms. The number of hydrogen-bond acceptors (Lipinski definition) is 2. The Bertz CT molecular complexity index is 1660. The molecule has 0 N–H and O–H groups in total. The van der Waals surface area contributed by atoms with Gasteiger partial charge < -0.3 is 9.13 Å². The van der Waals surface area contributed by atoms with Crippen LogP contribution in [-0.4, -0.2) is 19.1 Å². The molecule has 0 aliphatic carbocycles. The minimum atomic E-state index is 0.739. The molecule has 3 aromatic carbocycles. The quantitative estimate of drug-likeness (QED) is 0.303. The summed E-state index contributed by atoms with van der Waals surface area (Å²) in [6, 6.07) is 34.3. The minimum absolute atomic E-state index is 0.739. The maximum Gasteiger partial charge on any atom is 0.0654 e. The van der Waals surface area contributed by atoms with Crippen LogP contribution in [0, 0.1) is 0 Å². The van der Waals surface area contributed by atoms with E-state index in [1.165, 1.54) is 43.6 Å². The number of aromatic nitrogens is 4. The smallest absolute Gasteiger partial charge is 0.0654 e. The summed E-state index contributed by atoms with van der Waals surface area (Å²) < 4.78 is 4.80. The van der Waals surface area contributed by atoms with Crippen LogP contribution in [-0.2, 0) is 13.1 Å². The first kappa shape index (κ1) is 19.1. The van der Waals surface area contributed by atoms with Gasteiger partial charge in [0.25, 0.3) is 0 Å². The summed E-state index contributed by atoms with van der Waals surface area (Å²) in [6.07, 6.45) is 3.74. The molecule has 0 radical (unpaired) electrons. The van der Waals surface area contributed by atoms with E-state index >= 15 is 0 Å². The Morgan fingerprint density at radius 3 is 1.32 bits per heavy atom. The lowest BCUT2D eigenvalue weighted by Crippen LogP contribution is -2.02. The Kier molecular flexibility index (Phi) is 4.24. The predicted octanol–water partition coefficient (Wildman–Crippen LogP) is 6.79. The van der Waals surface area contributed by atoms with E-state index in [4.69, 9.17) is 0 Å². The van der Waals surface area contributed by atoms with Crippen molar-refractivity contribution in [2.45, 2.75) is 13.1 Å². The fourth-order valence-electron chi connectivity index (χ4n) is 5.24. The predicted molar refractivity (Wildman–Crippen MR) is 139 cm³/mol. The molecule has 7 rings (SSSR count). The summed E-state index contributed by atoms with van der Waals surface area (Å²) >= 11 is 0. The van der Waals surface area contributed by atoms with Crippen molar-refractivity contribution in [2.75, 3.05) is 0 Å². The zero-order chi connectivity index (χ0) is 22.5. The Labute approximate surface area is 196 Å². The van der Waals surface area contributed by atoms with E-state index < -0.39 is 0 Å². The molecule has 4 heterocycles. The second kappa shape index (κ2) is 7.56. The Morgan fingerprint density at radius 1 is 0.441 bits per heavy atom. The van der Waals surface area contributed by atoms with Crippen LogP contribution in [0.3, 0.4) is 0 Å². The van der Waals surface area contributed by atoms with Crippen molar-refractivity contribution in [1.29, 1.82) is 0 Å². The van der Waals surface area contributed by atoms with E-state index in [0.717, 1.165) is 24.5 Å². The molecule has 0 amide bonds. The number of para-hydroxylation sites is 2. The minimum Gasteiger partial charge on any atom is -0.334 e. The van der Waals surface area contributed by atoms with Crippen molar-refractivity contribution < 1.29 is 0 Å². The summed E-state index contributed by atoms with van der Waals surface area (Å²) in [5.41, 5.74) is 7.05. The lowest BCUT2D eigenvalue weighted by Gasteiger charge is -2.08. The number of benzene rings is 3. The number of rotatable bonds is 4. The molecule has 0 spiro atoms. The molecule has 0 saturated heterocycles. The van der Waals surface area contributed by atoms with Gasteiger partial charge in [-0.05, 0) is 48.5 Å². The SMILES string of the molecule is c1ccc(Cn2c3ccccc3c3cc4c(cc32)c2ccccc2n4Cc2ccccn2)nc1. The molecule has 7 aromatic rings. The van der Waals surface area contributed by atoms with Crippen LogP contribution in [0.15, 0.2) is 109 Å². The highest BCUT2D eigenvalue weighted by molar-refractivity contribution is 6.17. The van der Waals surface area contributed by atoms with Gasteiger partial charge in [-0.2, -0.15) is 0 Å². The Hall–Kier alpha value is -4.44. The van der Waals surface area contributed by atoms with Crippen molar-refractivity contribution in [3.63, 3.8) is 0 Å². The average molecular weight is 439 g/mol. The molecule has 0 saturated carbocycles. The van der Waals surface area contributed by atoms with Gasteiger partial charge >= 0.3 is 0 Å². The van der Waals surface area contributed by atoms with Gasteiger partial charge in [-0.3, -0.25) is 9.97 Å². The third-order valence-electron chi connectivity index (χ3n) is 6.76. The number of fused-ring (bicyclic) bond motifs is 6. The van der Waals surface area contributed by atoms with Crippen LogP contribution >= 0.6 is 0 Å². The van der Waals surface area contributed by atoms with Crippen LogP contribution in [0.1, 0.15) is 11.4 Å². The zero-order valence-corrected chi connectivity index (χ0v) is 18.6. The highest BCUT2D eigenvalue weighted by Crippen LogP contribution is 2.37. The van der Waals surface area contributed by atoms with Gasteiger partial charge in [-0.1, -0.05) is 48.5 Å². The largest absolute Gasteiger partial charge is 0.334 e. The summed E-state index contributed by atoms with van der Waals surface area (Å²) in [7, 11) is 0. The number of pyridine rings is 2. The molecule has 0 unspecified atom stereocenters. The van der Waals surface area contributed by atoms with Crippen LogP contribution in [0.4, 0.5) is 0 Å². The molecule has 4 heteroatoms. The van der Waals surface area contributed by atoms with Crippen molar-refractivity contribution in [3.05, 3.63) is 121 Å². The lowest BCUT2D eigenvalue weighted by atomic mass is 10.1. The van der Waals surface area contributed by atoms with E-state index in [2.05, 4.69) is 104 Å². The second-order valence-electron chi connectivity index (χ2n) is 8.74. The molecule has 0 aliphatic rings. The molecular weight excluding hydrogens is 416 g/mol. The van der Waals surface area contributed by atoms with Gasteiger partial charge in [0.05, 0.1) is 35.5 Å². The van der Waals surface area contributed by atoms with E-state index in [-0.39, 0.29) is 0 Å². The molecule has 162 valence electrons. The van der Waals surface area contributed by atoms with Gasteiger partial charge in [0.15, 0.2) is 0 Å². The normalized spacial score (nSPS) is 11.8. The molecule has 0 fully saturated rings. The lowest BCUT2D eigenvalue weighted by molar-refractivity contribution is 0.832. The van der Waals surface area contributed by atoms with Crippen LogP contribution in [0.5, 0.6) is 0 Å². The highest BCUT2D eigenvalue weighted by Gasteiger charge is 2.17. The molecular formula is C30H22N4. The number of hydrogen-bond donors (Lipinski definition) is 0. The maximum absolute atomic E-state index is 4.60. The van der Waals surface area contributed by atoms with Gasteiger partial charge in [0, 0.05) is 45.0 Å². The Balaban J connectivity index is 1.55. The molecule has 4 aromatic heterocycles. The third kappa shape index (κ3) is 2.92. The maximum atomic E-state index is 4.60. The summed E-state index contributed by atoms with van der Waals surface area (Å²) in [5, 5.41) is 5.07. The number of nitrogens with zero attached hydrogens (tertiary/aromatic N) is 4. The summed E-state index contributed by atoms with van der Waals surface area (Å²) in [4.78, 5) is 9.20. The van der Waals surface area contributed by atoms with Crippen molar-refractivity contribution in [1.82, 2.24) is 19.1 Å². The van der Waals surface area contributed by atoms with E-state index in [0.29, 0.717) is 0 Å². The second-order valence-corrected chi connectivity index (χ2v) is 8.74. The molecule has 0 bridgehead atoms. The summed E-state index contributed by atoms with van der Waals surface area (Å²) in [6.45, 7) is 1.48. The monoisotopic (exact) mass is 438 g/mol. The van der Waals surface area contributed by atoms with Crippen molar-refractivity contribution in [2.24, 2.45) is 0 Å². The topological polar surface area (TPSA) is 35.6 Å². The first-order valence-electron chi connectivity index (χ1n) is 11.6. The Morgan fingerprint density at radius 2 is 0.882 bits per heavy atom. The van der Waals surface area contributed by atoms with Crippen LogP contribution < -0.4 is 0 Å². The van der Waals surface area contributed by atoms with Gasteiger partial charge in [0.2, 0.25) is 0 Å². The van der Waals surface area contributed by atoms with Gasteiger partial charge in [0.1, 0.15) is 0 Å². The van der Waals surface area contributed by atoms with E-state index in [9.17, 15) is 0 Å². The van der Waals surface area contributed by atoms with E-state index in [1.807, 2.05) is 24.5 Å². The van der Waals surface area contributed by atoms with Crippen LogP contribution in [0.2, 0.25) is 0 Å². The first-order chi connectivity index (χ1) is 16.9. The average Bonchev–Trinajstić information content (AvgIpc) is 3.37. The fraction of sp³-hybridized carbons (Fsp3) is 0.0667. The van der Waals surface area contributed by atoms with E-state index in [1.54, 1.807) is 0 Å². The van der Waals surface area contributed by atoms with Gasteiger partial charge in [-0.15, -0.1) is 0 Å². The first-order valence-corrected chi connectivity index (χ1v) is 11.6. The molecule has 4 nitrogen and oxygen atoms in total.